The van der Waals surface area contributed by atoms with Gasteiger partial charge in [0.05, 0.1) is 5.69 Å². The van der Waals surface area contributed by atoms with Gasteiger partial charge in [0.1, 0.15) is 0 Å². The second-order valence-corrected chi connectivity index (χ2v) is 12.0. The molecule has 7 aromatic carbocycles. The van der Waals surface area contributed by atoms with Gasteiger partial charge in [0.2, 0.25) is 0 Å². The lowest BCUT2D eigenvalue weighted by atomic mass is 9.84. The molecule has 0 aliphatic carbocycles. The average Bonchev–Trinajstić information content (AvgIpc) is 3.13. The molecule has 46 heavy (non-hydrogen) atoms. The molecule has 9 rings (SSSR count). The van der Waals surface area contributed by atoms with Gasteiger partial charge in [-0.2, -0.15) is 0 Å². The minimum absolute atomic E-state index is 0.869. The Bertz CT molecular complexity index is 2470. The van der Waals surface area contributed by atoms with Gasteiger partial charge in [0.15, 0.2) is 0 Å². The SMILES string of the molecule is C1=CC(c2ccnc(-c3ccc4cc(-c5c6ccccc6c(-c6cccc7ccccc67)c6ccccc56)ccc4c3)c2)=CNC1. The number of hydrogen-bond donors (Lipinski definition) is 1. The van der Waals surface area contributed by atoms with Gasteiger partial charge in [-0.05, 0) is 101 Å². The second-order valence-electron chi connectivity index (χ2n) is 12.0. The summed E-state index contributed by atoms with van der Waals surface area (Å²) in [5.74, 6) is 0. The zero-order valence-electron chi connectivity index (χ0n) is 25.2. The van der Waals surface area contributed by atoms with Crippen LogP contribution in [0.25, 0.3) is 82.2 Å². The first-order chi connectivity index (χ1) is 22.8. The van der Waals surface area contributed by atoms with Crippen molar-refractivity contribution in [2.45, 2.75) is 0 Å². The number of dihydropyridines is 1. The van der Waals surface area contributed by atoms with Gasteiger partial charge >= 0.3 is 0 Å². The summed E-state index contributed by atoms with van der Waals surface area (Å²) >= 11 is 0. The summed E-state index contributed by atoms with van der Waals surface area (Å²) in [6.45, 7) is 0.869. The van der Waals surface area contributed by atoms with E-state index in [0.717, 1.165) is 23.4 Å². The van der Waals surface area contributed by atoms with Crippen molar-refractivity contribution >= 4 is 48.7 Å². The number of aromatic nitrogens is 1. The van der Waals surface area contributed by atoms with E-state index in [2.05, 4.69) is 163 Å². The van der Waals surface area contributed by atoms with E-state index in [9.17, 15) is 0 Å². The summed E-state index contributed by atoms with van der Waals surface area (Å²) < 4.78 is 0. The van der Waals surface area contributed by atoms with Gasteiger partial charge in [0.25, 0.3) is 0 Å². The number of hydrogen-bond acceptors (Lipinski definition) is 2. The van der Waals surface area contributed by atoms with E-state index in [1.165, 1.54) is 70.9 Å². The van der Waals surface area contributed by atoms with Crippen LogP contribution in [0.1, 0.15) is 5.56 Å². The molecule has 0 unspecified atom stereocenters. The molecule has 8 aromatic rings. The monoisotopic (exact) mass is 586 g/mol. The van der Waals surface area contributed by atoms with E-state index in [1.807, 2.05) is 6.20 Å². The molecule has 2 heteroatoms. The standard InChI is InChI=1S/C44H30N2/c1-2-12-36-29(9-1)10-7-17-37(36)44-40-15-5-3-13-38(40)43(39-14-4-6-16-41(39)44)34-21-19-30-25-33(20-18-31(30)26-34)42-27-32(22-24-46-42)35-11-8-23-45-28-35/h1-22,24-28,45H,23H2. The van der Waals surface area contributed by atoms with Gasteiger partial charge in [-0.1, -0.05) is 127 Å². The molecule has 1 aromatic heterocycles. The van der Waals surface area contributed by atoms with Crippen LogP contribution in [0.15, 0.2) is 164 Å². The average molecular weight is 587 g/mol. The maximum atomic E-state index is 4.73. The van der Waals surface area contributed by atoms with Crippen molar-refractivity contribution < 1.29 is 0 Å². The summed E-state index contributed by atoms with van der Waals surface area (Å²) in [5, 5.41) is 13.3. The first kappa shape index (κ1) is 26.4. The number of nitrogens with one attached hydrogen (secondary N) is 1. The number of allylic oxidation sites excluding steroid dienone is 2. The molecule has 2 nitrogen and oxygen atoms in total. The minimum atomic E-state index is 0.869. The van der Waals surface area contributed by atoms with Crippen molar-refractivity contribution in [3.05, 3.63) is 170 Å². The normalized spacial score (nSPS) is 12.9. The first-order valence-electron chi connectivity index (χ1n) is 15.8. The van der Waals surface area contributed by atoms with E-state index < -0.39 is 0 Å². The molecule has 0 atom stereocenters. The predicted octanol–water partition coefficient (Wildman–Crippen LogP) is 11.2. The smallest absolute Gasteiger partial charge is 0.0708 e. The minimum Gasteiger partial charge on any atom is -0.387 e. The molecule has 0 amide bonds. The highest BCUT2D eigenvalue weighted by molar-refractivity contribution is 6.23. The molecule has 1 aliphatic heterocycles. The topological polar surface area (TPSA) is 24.9 Å². The highest BCUT2D eigenvalue weighted by Gasteiger charge is 2.18. The Hall–Kier alpha value is -5.99. The molecule has 1 aliphatic rings. The molecular formula is C44H30N2. The molecule has 216 valence electrons. The number of rotatable bonds is 4. The van der Waals surface area contributed by atoms with Gasteiger partial charge in [-0.25, -0.2) is 0 Å². The largest absolute Gasteiger partial charge is 0.387 e. The van der Waals surface area contributed by atoms with Crippen LogP contribution in [0, 0.1) is 0 Å². The fraction of sp³-hybridized carbons (Fsp3) is 0.0227. The third kappa shape index (κ3) is 4.38. The summed E-state index contributed by atoms with van der Waals surface area (Å²) in [4.78, 5) is 4.73. The van der Waals surface area contributed by atoms with Gasteiger partial charge in [-0.15, -0.1) is 0 Å². The van der Waals surface area contributed by atoms with Crippen molar-refractivity contribution in [2.75, 3.05) is 6.54 Å². The van der Waals surface area contributed by atoms with E-state index in [0.29, 0.717) is 0 Å². The fourth-order valence-corrected chi connectivity index (χ4v) is 7.15. The number of benzene rings is 7. The highest BCUT2D eigenvalue weighted by atomic mass is 14.8. The summed E-state index contributed by atoms with van der Waals surface area (Å²) in [7, 11) is 0. The molecule has 0 fully saturated rings. The van der Waals surface area contributed by atoms with Crippen LogP contribution in [0.4, 0.5) is 0 Å². The van der Waals surface area contributed by atoms with Crippen molar-refractivity contribution in [1.29, 1.82) is 0 Å². The lowest BCUT2D eigenvalue weighted by Gasteiger charge is -2.19. The van der Waals surface area contributed by atoms with E-state index in [-0.39, 0.29) is 0 Å². The molecule has 0 radical (unpaired) electrons. The highest BCUT2D eigenvalue weighted by Crippen LogP contribution is 2.45. The summed E-state index contributed by atoms with van der Waals surface area (Å²) in [6, 6.07) is 51.0. The molecule has 1 N–H and O–H groups in total. The molecule has 0 spiro atoms. The van der Waals surface area contributed by atoms with Crippen LogP contribution in [0.5, 0.6) is 0 Å². The van der Waals surface area contributed by atoms with Crippen molar-refractivity contribution in [2.24, 2.45) is 0 Å². The predicted molar refractivity (Wildman–Crippen MR) is 196 cm³/mol. The number of pyridine rings is 1. The Morgan fingerprint density at radius 2 is 1.11 bits per heavy atom. The van der Waals surface area contributed by atoms with Crippen LogP contribution in [0.2, 0.25) is 0 Å². The maximum absolute atomic E-state index is 4.73. The van der Waals surface area contributed by atoms with Crippen LogP contribution in [0.3, 0.4) is 0 Å². The van der Waals surface area contributed by atoms with Crippen LogP contribution < -0.4 is 5.32 Å². The van der Waals surface area contributed by atoms with E-state index >= 15 is 0 Å². The van der Waals surface area contributed by atoms with E-state index in [4.69, 9.17) is 4.98 Å². The lowest BCUT2D eigenvalue weighted by Crippen LogP contribution is -2.08. The molecule has 0 saturated carbocycles. The first-order valence-corrected chi connectivity index (χ1v) is 15.8. The quantitative estimate of drug-likeness (QED) is 0.208. The zero-order valence-corrected chi connectivity index (χ0v) is 25.2. The Balaban J connectivity index is 1.21. The maximum Gasteiger partial charge on any atom is 0.0708 e. The molecule has 0 bridgehead atoms. The van der Waals surface area contributed by atoms with Crippen LogP contribution >= 0.6 is 0 Å². The summed E-state index contributed by atoms with van der Waals surface area (Å²) in [6.07, 6.45) is 8.29. The molecule has 0 saturated heterocycles. The van der Waals surface area contributed by atoms with Crippen molar-refractivity contribution in [1.82, 2.24) is 10.3 Å². The zero-order chi connectivity index (χ0) is 30.5. The van der Waals surface area contributed by atoms with Crippen molar-refractivity contribution in [3.8, 4) is 33.5 Å². The third-order valence-corrected chi connectivity index (χ3v) is 9.30. The van der Waals surface area contributed by atoms with Gasteiger partial charge < -0.3 is 5.32 Å². The number of nitrogens with zero attached hydrogens (tertiary/aromatic N) is 1. The molecule has 2 heterocycles. The van der Waals surface area contributed by atoms with Crippen molar-refractivity contribution in [3.63, 3.8) is 0 Å². The Kier molecular flexibility index (Phi) is 6.24. The van der Waals surface area contributed by atoms with Crippen LogP contribution in [-0.2, 0) is 0 Å². The van der Waals surface area contributed by atoms with Crippen LogP contribution in [-0.4, -0.2) is 11.5 Å². The lowest BCUT2D eigenvalue weighted by molar-refractivity contribution is 0.976. The fourth-order valence-electron chi connectivity index (χ4n) is 7.15. The van der Waals surface area contributed by atoms with E-state index in [1.54, 1.807) is 0 Å². The molecular weight excluding hydrogens is 556 g/mol. The Morgan fingerprint density at radius 1 is 0.478 bits per heavy atom. The summed E-state index contributed by atoms with van der Waals surface area (Å²) in [5.41, 5.74) is 9.49. The Labute approximate surface area is 268 Å². The Morgan fingerprint density at radius 3 is 1.83 bits per heavy atom. The van der Waals surface area contributed by atoms with Gasteiger partial charge in [0, 0.05) is 24.5 Å². The number of fused-ring (bicyclic) bond motifs is 4. The van der Waals surface area contributed by atoms with Gasteiger partial charge in [-0.3, -0.25) is 4.98 Å². The second kappa shape index (κ2) is 10.9. The third-order valence-electron chi connectivity index (χ3n) is 9.30.